The van der Waals surface area contributed by atoms with E-state index >= 15 is 0 Å². The number of nitrogens with one attached hydrogen (secondary N) is 1. The molecule has 5 heteroatoms. The van der Waals surface area contributed by atoms with Crippen LogP contribution >= 0.6 is 0 Å². The Morgan fingerprint density at radius 3 is 2.77 bits per heavy atom. The van der Waals surface area contributed by atoms with Gasteiger partial charge in [-0.15, -0.1) is 0 Å². The second kappa shape index (κ2) is 6.91. The van der Waals surface area contributed by atoms with Gasteiger partial charge in [-0.1, -0.05) is 13.5 Å². The van der Waals surface area contributed by atoms with Crippen molar-refractivity contribution in [2.24, 2.45) is 0 Å². The Bertz CT molecular complexity index is 224. The molecule has 0 spiro atoms. The number of ether oxygens (including phenoxy) is 1. The lowest BCUT2D eigenvalue weighted by Crippen LogP contribution is -2.27. The molecule has 0 aromatic carbocycles. The van der Waals surface area contributed by atoms with Crippen molar-refractivity contribution in [1.82, 2.24) is 4.72 Å². The summed E-state index contributed by atoms with van der Waals surface area (Å²) >= 11 is 0. The predicted octanol–water partition coefficient (Wildman–Crippen LogP) is 0.866. The molecule has 0 unspecified atom stereocenters. The first-order valence-corrected chi connectivity index (χ1v) is 5.97. The van der Waals surface area contributed by atoms with Crippen LogP contribution in [0.4, 0.5) is 0 Å². The first-order chi connectivity index (χ1) is 6.12. The number of hydrogen-bond acceptors (Lipinski definition) is 3. The third-order valence-electron chi connectivity index (χ3n) is 1.35. The molecule has 0 saturated carbocycles. The summed E-state index contributed by atoms with van der Waals surface area (Å²) in [7, 11) is -3.05. The molecule has 0 heterocycles. The fourth-order valence-electron chi connectivity index (χ4n) is 0.807. The molecule has 13 heavy (non-hydrogen) atoms. The Morgan fingerprint density at radius 2 is 2.23 bits per heavy atom. The minimum absolute atomic E-state index is 0.190. The van der Waals surface area contributed by atoms with Gasteiger partial charge in [0.2, 0.25) is 10.0 Å². The van der Waals surface area contributed by atoms with Gasteiger partial charge in [0.25, 0.3) is 0 Å². The molecule has 0 aliphatic rings. The van der Waals surface area contributed by atoms with E-state index in [2.05, 4.69) is 11.3 Å². The van der Waals surface area contributed by atoms with Crippen molar-refractivity contribution < 1.29 is 13.2 Å². The van der Waals surface area contributed by atoms with Crippen LogP contribution in [0.3, 0.4) is 0 Å². The maximum Gasteiger partial charge on any atom is 0.211 e. The van der Waals surface area contributed by atoms with Gasteiger partial charge in [0.05, 0.1) is 18.6 Å². The maximum absolute atomic E-state index is 11.1. The lowest BCUT2D eigenvalue weighted by Gasteiger charge is -2.04. The maximum atomic E-state index is 11.1. The highest BCUT2D eigenvalue weighted by Gasteiger charge is 2.06. The molecule has 1 N–H and O–H groups in total. The van der Waals surface area contributed by atoms with Gasteiger partial charge in [0.15, 0.2) is 0 Å². The molecule has 0 rings (SSSR count). The third-order valence-corrected chi connectivity index (χ3v) is 2.94. The molecule has 0 amide bonds. The summed E-state index contributed by atoms with van der Waals surface area (Å²) in [6.07, 6.45) is 2.65. The minimum atomic E-state index is -3.05. The van der Waals surface area contributed by atoms with E-state index in [9.17, 15) is 8.42 Å². The summed E-state index contributed by atoms with van der Waals surface area (Å²) in [5, 5.41) is 0. The molecular weight excluding hydrogens is 190 g/mol. The van der Waals surface area contributed by atoms with E-state index in [-0.39, 0.29) is 5.75 Å². The van der Waals surface area contributed by atoms with Crippen molar-refractivity contribution in [1.29, 1.82) is 0 Å². The predicted molar refractivity (Wildman–Crippen MR) is 52.8 cm³/mol. The average Bonchev–Trinajstić information content (AvgIpc) is 2.04. The molecule has 0 aliphatic carbocycles. The van der Waals surface area contributed by atoms with Crippen molar-refractivity contribution in [2.75, 3.05) is 18.9 Å². The highest BCUT2D eigenvalue weighted by Crippen LogP contribution is 1.89. The molecule has 0 aromatic heterocycles. The van der Waals surface area contributed by atoms with E-state index < -0.39 is 10.0 Å². The SMILES string of the molecule is C=COCCCNS(=O)(=O)CCC. The third kappa shape index (κ3) is 7.80. The zero-order chi connectivity index (χ0) is 10.2. The molecule has 0 fully saturated rings. The fourth-order valence-corrected chi connectivity index (χ4v) is 1.94. The van der Waals surface area contributed by atoms with Crippen LogP contribution in [0.25, 0.3) is 0 Å². The van der Waals surface area contributed by atoms with E-state index in [0.29, 0.717) is 26.0 Å². The normalized spacial score (nSPS) is 11.2. The molecule has 0 aromatic rings. The van der Waals surface area contributed by atoms with E-state index in [1.165, 1.54) is 6.26 Å². The average molecular weight is 207 g/mol. The molecule has 78 valence electrons. The molecule has 0 atom stereocenters. The standard InChI is InChI=1S/C8H17NO3S/c1-3-8-13(10,11)9-6-5-7-12-4-2/h4,9H,2-3,5-8H2,1H3. The minimum Gasteiger partial charge on any atom is -0.502 e. The van der Waals surface area contributed by atoms with Crippen LogP contribution in [-0.4, -0.2) is 27.3 Å². The van der Waals surface area contributed by atoms with Crippen molar-refractivity contribution in [3.63, 3.8) is 0 Å². The second-order valence-electron chi connectivity index (χ2n) is 2.60. The lowest BCUT2D eigenvalue weighted by atomic mass is 10.5. The van der Waals surface area contributed by atoms with E-state index in [1.807, 2.05) is 6.92 Å². The molecule has 0 saturated heterocycles. The van der Waals surface area contributed by atoms with Gasteiger partial charge >= 0.3 is 0 Å². The largest absolute Gasteiger partial charge is 0.502 e. The smallest absolute Gasteiger partial charge is 0.211 e. The van der Waals surface area contributed by atoms with E-state index in [1.54, 1.807) is 0 Å². The van der Waals surface area contributed by atoms with Crippen LogP contribution in [0.1, 0.15) is 19.8 Å². The summed E-state index contributed by atoms with van der Waals surface area (Å²) in [6, 6.07) is 0. The van der Waals surface area contributed by atoms with Gasteiger partial charge < -0.3 is 4.74 Å². The topological polar surface area (TPSA) is 55.4 Å². The van der Waals surface area contributed by atoms with E-state index in [4.69, 9.17) is 4.74 Å². The molecular formula is C8H17NO3S. The monoisotopic (exact) mass is 207 g/mol. The summed E-state index contributed by atoms with van der Waals surface area (Å²) in [4.78, 5) is 0. The lowest BCUT2D eigenvalue weighted by molar-refractivity contribution is 0.247. The van der Waals surface area contributed by atoms with Crippen LogP contribution in [0.5, 0.6) is 0 Å². The van der Waals surface area contributed by atoms with Gasteiger partial charge in [-0.3, -0.25) is 0 Å². The highest BCUT2D eigenvalue weighted by atomic mass is 32.2. The first-order valence-electron chi connectivity index (χ1n) is 4.32. The Morgan fingerprint density at radius 1 is 1.54 bits per heavy atom. The van der Waals surface area contributed by atoms with E-state index in [0.717, 1.165) is 0 Å². The van der Waals surface area contributed by atoms with Gasteiger partial charge in [-0.2, -0.15) is 0 Å². The van der Waals surface area contributed by atoms with Gasteiger partial charge in [0.1, 0.15) is 0 Å². The van der Waals surface area contributed by atoms with Gasteiger partial charge in [0, 0.05) is 6.54 Å². The van der Waals surface area contributed by atoms with Crippen LogP contribution in [-0.2, 0) is 14.8 Å². The summed E-state index contributed by atoms with van der Waals surface area (Å²) in [5.41, 5.74) is 0. The van der Waals surface area contributed by atoms with Crippen LogP contribution in [0.15, 0.2) is 12.8 Å². The molecule has 0 aliphatic heterocycles. The van der Waals surface area contributed by atoms with Crippen molar-refractivity contribution in [3.05, 3.63) is 12.8 Å². The van der Waals surface area contributed by atoms with Gasteiger partial charge in [-0.25, -0.2) is 13.1 Å². The second-order valence-corrected chi connectivity index (χ2v) is 4.53. The Labute approximate surface area is 80.0 Å². The zero-order valence-electron chi connectivity index (χ0n) is 7.95. The zero-order valence-corrected chi connectivity index (χ0v) is 8.77. The van der Waals surface area contributed by atoms with Crippen molar-refractivity contribution in [2.45, 2.75) is 19.8 Å². The molecule has 0 radical (unpaired) electrons. The summed E-state index contributed by atoms with van der Waals surface area (Å²) < 4.78 is 29.5. The quantitative estimate of drug-likeness (QED) is 0.474. The molecule has 0 bridgehead atoms. The van der Waals surface area contributed by atoms with Crippen molar-refractivity contribution in [3.8, 4) is 0 Å². The Balaban J connectivity index is 3.46. The highest BCUT2D eigenvalue weighted by molar-refractivity contribution is 7.89. The number of hydrogen-bond donors (Lipinski definition) is 1. The molecule has 4 nitrogen and oxygen atoms in total. The Hall–Kier alpha value is -0.550. The van der Waals surface area contributed by atoms with Crippen LogP contribution in [0.2, 0.25) is 0 Å². The first kappa shape index (κ1) is 12.4. The van der Waals surface area contributed by atoms with Crippen molar-refractivity contribution >= 4 is 10.0 Å². The van der Waals surface area contributed by atoms with Gasteiger partial charge in [-0.05, 0) is 12.8 Å². The fraction of sp³-hybridized carbons (Fsp3) is 0.750. The Kier molecular flexibility index (Phi) is 6.62. The number of rotatable bonds is 8. The number of sulfonamides is 1. The summed E-state index contributed by atoms with van der Waals surface area (Å²) in [6.45, 7) is 6.13. The summed E-state index contributed by atoms with van der Waals surface area (Å²) in [5.74, 6) is 0.190. The van der Waals surface area contributed by atoms with Crippen LogP contribution < -0.4 is 4.72 Å². The van der Waals surface area contributed by atoms with Crippen LogP contribution in [0, 0.1) is 0 Å².